The van der Waals surface area contributed by atoms with Gasteiger partial charge in [0, 0.05) is 16.1 Å². The summed E-state index contributed by atoms with van der Waals surface area (Å²) in [5.41, 5.74) is 3.72. The van der Waals surface area contributed by atoms with Crippen LogP contribution in [0.4, 0.5) is 5.69 Å². The Kier molecular flexibility index (Phi) is 4.56. The van der Waals surface area contributed by atoms with Crippen molar-refractivity contribution in [1.82, 2.24) is 19.7 Å². The van der Waals surface area contributed by atoms with Crippen molar-refractivity contribution in [3.63, 3.8) is 0 Å². The van der Waals surface area contributed by atoms with Crippen LogP contribution in [-0.2, 0) is 6.54 Å². The fourth-order valence-electron chi connectivity index (χ4n) is 2.92. The number of halogens is 1. The molecule has 0 aliphatic heterocycles. The van der Waals surface area contributed by atoms with Crippen molar-refractivity contribution in [2.45, 2.75) is 13.5 Å². The lowest BCUT2D eigenvalue weighted by Crippen LogP contribution is -2.14. The number of aromatic nitrogens is 4. The molecule has 0 saturated carbocycles. The SMILES string of the molecule is Cc1nc2ccc(Cl)cc2cc1C(=O)Nc1cccc(Cn2cncn2)c1. The maximum absolute atomic E-state index is 12.8. The third-order valence-electron chi connectivity index (χ3n) is 4.21. The summed E-state index contributed by atoms with van der Waals surface area (Å²) < 4.78 is 1.72. The molecule has 4 aromatic rings. The van der Waals surface area contributed by atoms with Gasteiger partial charge in [0.15, 0.2) is 0 Å². The molecule has 0 atom stereocenters. The smallest absolute Gasteiger partial charge is 0.257 e. The number of fused-ring (bicyclic) bond motifs is 1. The van der Waals surface area contributed by atoms with E-state index in [0.717, 1.165) is 16.5 Å². The van der Waals surface area contributed by atoms with Crippen molar-refractivity contribution in [3.8, 4) is 0 Å². The number of nitrogens with zero attached hydrogens (tertiary/aromatic N) is 4. The van der Waals surface area contributed by atoms with Crippen molar-refractivity contribution >= 4 is 34.1 Å². The van der Waals surface area contributed by atoms with E-state index in [9.17, 15) is 4.79 Å². The number of carbonyl (C=O) groups is 1. The summed E-state index contributed by atoms with van der Waals surface area (Å²) in [5.74, 6) is -0.209. The lowest BCUT2D eigenvalue weighted by atomic mass is 10.1. The number of aryl methyl sites for hydroxylation is 1. The Bertz CT molecular complexity index is 1120. The van der Waals surface area contributed by atoms with E-state index >= 15 is 0 Å². The van der Waals surface area contributed by atoms with Gasteiger partial charge in [-0.2, -0.15) is 5.10 Å². The number of rotatable bonds is 4. The Balaban J connectivity index is 1.58. The van der Waals surface area contributed by atoms with Crippen molar-refractivity contribution < 1.29 is 4.79 Å². The van der Waals surface area contributed by atoms with Crippen LogP contribution in [0.1, 0.15) is 21.6 Å². The first-order valence-corrected chi connectivity index (χ1v) is 8.76. The highest BCUT2D eigenvalue weighted by Gasteiger charge is 2.12. The van der Waals surface area contributed by atoms with E-state index in [1.807, 2.05) is 43.3 Å². The average Bonchev–Trinajstić information content (AvgIpc) is 3.14. The summed E-state index contributed by atoms with van der Waals surface area (Å²) in [6.07, 6.45) is 3.15. The number of amides is 1. The average molecular weight is 378 g/mol. The molecule has 0 unspecified atom stereocenters. The topological polar surface area (TPSA) is 72.7 Å². The number of nitrogens with one attached hydrogen (secondary N) is 1. The molecule has 0 bridgehead atoms. The molecule has 1 amide bonds. The maximum Gasteiger partial charge on any atom is 0.257 e. The molecule has 2 aromatic heterocycles. The van der Waals surface area contributed by atoms with Gasteiger partial charge in [-0.15, -0.1) is 0 Å². The summed E-state index contributed by atoms with van der Waals surface area (Å²) in [4.78, 5) is 21.2. The van der Waals surface area contributed by atoms with Crippen LogP contribution in [-0.4, -0.2) is 25.7 Å². The van der Waals surface area contributed by atoms with Crippen LogP contribution in [0.3, 0.4) is 0 Å². The molecule has 4 rings (SSSR count). The summed E-state index contributed by atoms with van der Waals surface area (Å²) in [6.45, 7) is 2.41. The van der Waals surface area contributed by atoms with Gasteiger partial charge in [-0.25, -0.2) is 9.67 Å². The van der Waals surface area contributed by atoms with Crippen molar-refractivity contribution in [3.05, 3.63) is 83.0 Å². The molecule has 27 heavy (non-hydrogen) atoms. The molecule has 0 spiro atoms. The fraction of sp³-hybridized carbons (Fsp3) is 0.100. The molecular weight excluding hydrogens is 362 g/mol. The first-order chi connectivity index (χ1) is 13.1. The quantitative estimate of drug-likeness (QED) is 0.581. The summed E-state index contributed by atoms with van der Waals surface area (Å²) in [6, 6.07) is 14.9. The third kappa shape index (κ3) is 3.80. The zero-order valence-electron chi connectivity index (χ0n) is 14.6. The molecular formula is C20H16ClN5O. The van der Waals surface area contributed by atoms with Gasteiger partial charge in [0.25, 0.3) is 5.91 Å². The molecule has 0 saturated heterocycles. The highest BCUT2D eigenvalue weighted by atomic mass is 35.5. The third-order valence-corrected chi connectivity index (χ3v) is 4.44. The van der Waals surface area contributed by atoms with Crippen LogP contribution < -0.4 is 5.32 Å². The van der Waals surface area contributed by atoms with Crippen LogP contribution in [0, 0.1) is 6.92 Å². The Morgan fingerprint density at radius 3 is 2.89 bits per heavy atom. The van der Waals surface area contributed by atoms with Crippen LogP contribution in [0.5, 0.6) is 0 Å². The zero-order valence-corrected chi connectivity index (χ0v) is 15.3. The molecule has 6 nitrogen and oxygen atoms in total. The van der Waals surface area contributed by atoms with Gasteiger partial charge in [0.1, 0.15) is 12.7 Å². The number of benzene rings is 2. The van der Waals surface area contributed by atoms with Crippen molar-refractivity contribution in [1.29, 1.82) is 0 Å². The van der Waals surface area contributed by atoms with E-state index in [4.69, 9.17) is 11.6 Å². The molecule has 0 aliphatic carbocycles. The molecule has 0 aliphatic rings. The molecule has 2 heterocycles. The number of anilines is 1. The van der Waals surface area contributed by atoms with Crippen LogP contribution in [0.25, 0.3) is 10.9 Å². The lowest BCUT2D eigenvalue weighted by Gasteiger charge is -2.10. The minimum Gasteiger partial charge on any atom is -0.322 e. The number of carbonyl (C=O) groups excluding carboxylic acids is 1. The largest absolute Gasteiger partial charge is 0.322 e. The Hall–Kier alpha value is -3.25. The Morgan fingerprint density at radius 1 is 1.19 bits per heavy atom. The van der Waals surface area contributed by atoms with E-state index in [1.54, 1.807) is 23.1 Å². The van der Waals surface area contributed by atoms with Crippen LogP contribution in [0.15, 0.2) is 61.2 Å². The lowest BCUT2D eigenvalue weighted by molar-refractivity contribution is 0.102. The maximum atomic E-state index is 12.8. The van der Waals surface area contributed by atoms with E-state index in [-0.39, 0.29) is 5.91 Å². The predicted molar refractivity (Wildman–Crippen MR) is 105 cm³/mol. The Labute approximate surface area is 160 Å². The van der Waals surface area contributed by atoms with Crippen molar-refractivity contribution in [2.75, 3.05) is 5.32 Å². The standard InChI is InChI=1S/C20H16ClN5O/c1-13-18(9-15-8-16(21)5-6-19(15)24-13)20(27)25-17-4-2-3-14(7-17)10-26-12-22-11-23-26/h2-9,11-12H,10H2,1H3,(H,25,27). The minimum atomic E-state index is -0.209. The van der Waals surface area contributed by atoms with Gasteiger partial charge in [-0.05, 0) is 48.9 Å². The first-order valence-electron chi connectivity index (χ1n) is 8.38. The minimum absolute atomic E-state index is 0.209. The number of hydrogen-bond acceptors (Lipinski definition) is 4. The molecule has 7 heteroatoms. The normalized spacial score (nSPS) is 10.9. The van der Waals surface area contributed by atoms with Gasteiger partial charge >= 0.3 is 0 Å². The second-order valence-electron chi connectivity index (χ2n) is 6.21. The molecule has 0 radical (unpaired) electrons. The van der Waals surface area contributed by atoms with Crippen LogP contribution in [0.2, 0.25) is 5.02 Å². The van der Waals surface area contributed by atoms with Gasteiger partial charge in [0.05, 0.1) is 23.3 Å². The Morgan fingerprint density at radius 2 is 2.07 bits per heavy atom. The molecule has 0 fully saturated rings. The highest BCUT2D eigenvalue weighted by Crippen LogP contribution is 2.22. The first kappa shape index (κ1) is 17.2. The summed E-state index contributed by atoms with van der Waals surface area (Å²) in [5, 5.41) is 8.48. The van der Waals surface area contributed by atoms with Gasteiger partial charge in [0.2, 0.25) is 0 Å². The summed E-state index contributed by atoms with van der Waals surface area (Å²) >= 11 is 6.06. The second kappa shape index (κ2) is 7.17. The van der Waals surface area contributed by atoms with E-state index < -0.39 is 0 Å². The second-order valence-corrected chi connectivity index (χ2v) is 6.64. The molecule has 2 aromatic carbocycles. The summed E-state index contributed by atoms with van der Waals surface area (Å²) in [7, 11) is 0. The van der Waals surface area contributed by atoms with E-state index in [2.05, 4.69) is 20.4 Å². The molecule has 134 valence electrons. The fourth-order valence-corrected chi connectivity index (χ4v) is 3.10. The predicted octanol–water partition coefficient (Wildman–Crippen LogP) is 4.09. The van der Waals surface area contributed by atoms with E-state index in [0.29, 0.717) is 28.5 Å². The van der Waals surface area contributed by atoms with Gasteiger partial charge in [-0.3, -0.25) is 9.78 Å². The van der Waals surface area contributed by atoms with Gasteiger partial charge in [-0.1, -0.05) is 23.7 Å². The monoisotopic (exact) mass is 377 g/mol. The number of hydrogen-bond donors (Lipinski definition) is 1. The highest BCUT2D eigenvalue weighted by molar-refractivity contribution is 6.31. The van der Waals surface area contributed by atoms with Crippen molar-refractivity contribution in [2.24, 2.45) is 0 Å². The molecule has 1 N–H and O–H groups in total. The van der Waals surface area contributed by atoms with Gasteiger partial charge < -0.3 is 5.32 Å². The number of pyridine rings is 1. The zero-order chi connectivity index (χ0) is 18.8. The van der Waals surface area contributed by atoms with Crippen LogP contribution >= 0.6 is 11.6 Å². The van der Waals surface area contributed by atoms with E-state index in [1.165, 1.54) is 6.33 Å².